The molecule has 0 saturated carbocycles. The minimum atomic E-state index is -0.266. The molecule has 1 amide bonds. The smallest absolute Gasteiger partial charge is 0.260 e. The monoisotopic (exact) mass is 393 g/mol. The quantitative estimate of drug-likeness (QED) is 0.730. The fourth-order valence-electron chi connectivity index (χ4n) is 3.51. The number of piperazine rings is 1. The van der Waals surface area contributed by atoms with E-state index in [-0.39, 0.29) is 23.7 Å². The van der Waals surface area contributed by atoms with E-state index in [9.17, 15) is 9.59 Å². The van der Waals surface area contributed by atoms with E-state index < -0.39 is 0 Å². The van der Waals surface area contributed by atoms with Crippen LogP contribution in [-0.2, 0) is 4.79 Å². The van der Waals surface area contributed by atoms with Gasteiger partial charge in [-0.1, -0.05) is 42.0 Å². The second kappa shape index (κ2) is 8.09. The number of amides is 1. The molecule has 1 fully saturated rings. The zero-order valence-electron chi connectivity index (χ0n) is 16.7. The van der Waals surface area contributed by atoms with Crippen LogP contribution >= 0.6 is 0 Å². The number of para-hydroxylation sites is 1. The molecule has 6 nitrogen and oxygen atoms in total. The number of likely N-dealkylation sites (N-methyl/N-ethyl adjacent to an activating group) is 1. The second-order valence-corrected chi connectivity index (χ2v) is 7.58. The van der Waals surface area contributed by atoms with Crippen molar-refractivity contribution in [3.8, 4) is 17.1 Å². The summed E-state index contributed by atoms with van der Waals surface area (Å²) < 4.78 is 11.8. The van der Waals surface area contributed by atoms with Crippen molar-refractivity contribution in [1.82, 2.24) is 4.90 Å². The Morgan fingerprint density at radius 2 is 1.79 bits per heavy atom. The average molecular weight is 393 g/mol. The van der Waals surface area contributed by atoms with Crippen LogP contribution in [0.4, 0.5) is 0 Å². The third kappa shape index (κ3) is 4.03. The van der Waals surface area contributed by atoms with Crippen LogP contribution in [0.25, 0.3) is 22.3 Å². The highest BCUT2D eigenvalue weighted by Crippen LogP contribution is 2.31. The van der Waals surface area contributed by atoms with Gasteiger partial charge >= 0.3 is 0 Å². The summed E-state index contributed by atoms with van der Waals surface area (Å²) in [6.07, 6.45) is 0. The highest BCUT2D eigenvalue weighted by Gasteiger charge is 2.23. The van der Waals surface area contributed by atoms with Crippen LogP contribution < -0.4 is 15.1 Å². The molecule has 1 saturated heterocycles. The molecular formula is C23H25N2O4+. The molecule has 0 atom stereocenters. The van der Waals surface area contributed by atoms with Crippen molar-refractivity contribution in [2.45, 2.75) is 6.92 Å². The first-order chi connectivity index (χ1) is 14.0. The van der Waals surface area contributed by atoms with E-state index in [0.717, 1.165) is 24.2 Å². The number of hydrogen-bond acceptors (Lipinski definition) is 4. The Morgan fingerprint density at radius 1 is 1.10 bits per heavy atom. The number of aryl methyl sites for hydroxylation is 1. The van der Waals surface area contributed by atoms with Crippen molar-refractivity contribution in [2.75, 3.05) is 39.8 Å². The molecule has 0 aliphatic carbocycles. The van der Waals surface area contributed by atoms with E-state index in [1.165, 1.54) is 4.90 Å². The summed E-state index contributed by atoms with van der Waals surface area (Å²) in [6.45, 7) is 5.04. The van der Waals surface area contributed by atoms with Gasteiger partial charge < -0.3 is 19.0 Å². The number of carbonyl (C=O) groups is 1. The fraction of sp³-hybridized carbons (Fsp3) is 0.304. The van der Waals surface area contributed by atoms with Gasteiger partial charge in [0.2, 0.25) is 11.2 Å². The van der Waals surface area contributed by atoms with Crippen molar-refractivity contribution in [3.05, 3.63) is 64.3 Å². The molecule has 0 unspecified atom stereocenters. The van der Waals surface area contributed by atoms with Crippen LogP contribution in [0.15, 0.2) is 57.7 Å². The normalized spacial score (nSPS) is 14.9. The minimum Gasteiger partial charge on any atom is -0.476 e. The molecule has 4 rings (SSSR count). The number of benzene rings is 2. The van der Waals surface area contributed by atoms with Gasteiger partial charge in [-0.3, -0.25) is 9.59 Å². The van der Waals surface area contributed by atoms with Crippen LogP contribution in [0, 0.1) is 6.92 Å². The van der Waals surface area contributed by atoms with Gasteiger partial charge in [-0.15, -0.1) is 0 Å². The van der Waals surface area contributed by atoms with Gasteiger partial charge in [-0.25, -0.2) is 0 Å². The summed E-state index contributed by atoms with van der Waals surface area (Å²) in [5.41, 5.74) is 2.07. The van der Waals surface area contributed by atoms with E-state index in [0.29, 0.717) is 29.8 Å². The molecule has 1 aromatic heterocycles. The van der Waals surface area contributed by atoms with Gasteiger partial charge in [0.05, 0.1) is 38.6 Å². The van der Waals surface area contributed by atoms with E-state index >= 15 is 0 Å². The first kappa shape index (κ1) is 19.2. The van der Waals surface area contributed by atoms with Gasteiger partial charge in [0.1, 0.15) is 5.58 Å². The summed E-state index contributed by atoms with van der Waals surface area (Å²) in [6, 6.07) is 14.8. The van der Waals surface area contributed by atoms with Crippen LogP contribution in [-0.4, -0.2) is 50.6 Å². The molecule has 150 valence electrons. The third-order valence-corrected chi connectivity index (χ3v) is 5.38. The minimum absolute atomic E-state index is 0.0839. The summed E-state index contributed by atoms with van der Waals surface area (Å²) in [5.74, 6) is 0.324. The summed E-state index contributed by atoms with van der Waals surface area (Å²) in [4.78, 5) is 28.9. The molecular weight excluding hydrogens is 368 g/mol. The standard InChI is InChI=1S/C23H24N2O4/c1-16-7-9-17(10-8-16)22-23(21(27)18-5-3-4-6-19(18)29-22)28-15-20(26)25-13-11-24(2)12-14-25/h3-10H,11-15H2,1-2H3/p+1. The Morgan fingerprint density at radius 3 is 2.52 bits per heavy atom. The molecule has 0 bridgehead atoms. The highest BCUT2D eigenvalue weighted by molar-refractivity contribution is 5.83. The second-order valence-electron chi connectivity index (χ2n) is 7.58. The Balaban J connectivity index is 1.67. The van der Waals surface area contributed by atoms with Crippen molar-refractivity contribution >= 4 is 16.9 Å². The van der Waals surface area contributed by atoms with E-state index in [2.05, 4.69) is 7.05 Å². The maximum atomic E-state index is 13.1. The molecule has 29 heavy (non-hydrogen) atoms. The van der Waals surface area contributed by atoms with E-state index in [1.54, 1.807) is 23.1 Å². The van der Waals surface area contributed by atoms with Crippen molar-refractivity contribution in [3.63, 3.8) is 0 Å². The molecule has 2 heterocycles. The number of nitrogens with one attached hydrogen (secondary N) is 1. The predicted molar refractivity (Wildman–Crippen MR) is 111 cm³/mol. The Labute approximate surface area is 169 Å². The molecule has 0 radical (unpaired) electrons. The van der Waals surface area contributed by atoms with Crippen LogP contribution in [0.5, 0.6) is 5.75 Å². The third-order valence-electron chi connectivity index (χ3n) is 5.38. The number of hydrogen-bond donors (Lipinski definition) is 1. The number of fused-ring (bicyclic) bond motifs is 1. The van der Waals surface area contributed by atoms with Gasteiger partial charge in [0.15, 0.2) is 12.4 Å². The Kier molecular flexibility index (Phi) is 5.36. The van der Waals surface area contributed by atoms with Crippen molar-refractivity contribution in [1.29, 1.82) is 0 Å². The Hall–Kier alpha value is -3.12. The predicted octanol–water partition coefficient (Wildman–Crippen LogP) is 1.50. The number of carbonyl (C=O) groups excluding carboxylic acids is 1. The van der Waals surface area contributed by atoms with Crippen LogP contribution in [0.2, 0.25) is 0 Å². The summed E-state index contributed by atoms with van der Waals surface area (Å²) in [5, 5.41) is 0.439. The lowest BCUT2D eigenvalue weighted by molar-refractivity contribution is -0.883. The maximum absolute atomic E-state index is 13.1. The molecule has 1 N–H and O–H groups in total. The highest BCUT2D eigenvalue weighted by atomic mass is 16.5. The molecule has 6 heteroatoms. The van der Waals surface area contributed by atoms with Gasteiger partial charge in [0.25, 0.3) is 5.91 Å². The molecule has 1 aliphatic rings. The average Bonchev–Trinajstić information content (AvgIpc) is 2.74. The molecule has 2 aromatic carbocycles. The van der Waals surface area contributed by atoms with Crippen molar-refractivity contribution < 1.29 is 18.8 Å². The van der Waals surface area contributed by atoms with Gasteiger partial charge in [-0.05, 0) is 19.1 Å². The topological polar surface area (TPSA) is 64.2 Å². The number of nitrogens with zero attached hydrogens (tertiary/aromatic N) is 1. The molecule has 3 aromatic rings. The maximum Gasteiger partial charge on any atom is 0.260 e. The lowest BCUT2D eigenvalue weighted by atomic mass is 10.1. The zero-order valence-corrected chi connectivity index (χ0v) is 16.7. The molecule has 1 aliphatic heterocycles. The van der Waals surface area contributed by atoms with E-state index in [4.69, 9.17) is 9.15 Å². The first-order valence-electron chi connectivity index (χ1n) is 9.87. The largest absolute Gasteiger partial charge is 0.476 e. The number of quaternary nitrogens is 1. The SMILES string of the molecule is Cc1ccc(-c2oc3ccccc3c(=O)c2OCC(=O)N2CC[NH+](C)CC2)cc1. The summed E-state index contributed by atoms with van der Waals surface area (Å²) in [7, 11) is 2.12. The lowest BCUT2D eigenvalue weighted by Crippen LogP contribution is -3.12. The van der Waals surface area contributed by atoms with Crippen LogP contribution in [0.3, 0.4) is 0 Å². The van der Waals surface area contributed by atoms with Crippen LogP contribution in [0.1, 0.15) is 5.56 Å². The molecule has 0 spiro atoms. The fourth-order valence-corrected chi connectivity index (χ4v) is 3.51. The summed E-state index contributed by atoms with van der Waals surface area (Å²) >= 11 is 0. The number of rotatable bonds is 4. The Bertz CT molecular complexity index is 1080. The van der Waals surface area contributed by atoms with Gasteiger partial charge in [0, 0.05) is 5.56 Å². The number of ether oxygens (including phenoxy) is 1. The van der Waals surface area contributed by atoms with Gasteiger partial charge in [-0.2, -0.15) is 0 Å². The van der Waals surface area contributed by atoms with E-state index in [1.807, 2.05) is 37.3 Å². The van der Waals surface area contributed by atoms with Crippen molar-refractivity contribution in [2.24, 2.45) is 0 Å². The zero-order chi connectivity index (χ0) is 20.4. The first-order valence-corrected chi connectivity index (χ1v) is 9.87. The lowest BCUT2D eigenvalue weighted by Gasteiger charge is -2.30.